The predicted octanol–water partition coefficient (Wildman–Crippen LogP) is 3.79. The summed E-state index contributed by atoms with van der Waals surface area (Å²) in [6.07, 6.45) is 5.58. The number of hydrogen-bond donors (Lipinski definition) is 0. The highest BCUT2D eigenvalue weighted by Crippen LogP contribution is 2.22. The summed E-state index contributed by atoms with van der Waals surface area (Å²) in [6.45, 7) is 11.1. The Morgan fingerprint density at radius 2 is 1.00 bits per heavy atom. The Kier molecular flexibility index (Phi) is 9.04. The van der Waals surface area contributed by atoms with Gasteiger partial charge < -0.3 is 18.9 Å². The van der Waals surface area contributed by atoms with Crippen molar-refractivity contribution in [2.45, 2.75) is 103 Å². The Hall–Kier alpha value is -1.14. The largest absolute Gasteiger partial charge is 0.458 e. The van der Waals surface area contributed by atoms with Gasteiger partial charge in [0.1, 0.15) is 24.4 Å². The van der Waals surface area contributed by atoms with E-state index in [1.807, 2.05) is 41.5 Å². The lowest BCUT2D eigenvalue weighted by atomic mass is 9.96. The zero-order chi connectivity index (χ0) is 19.8. The molecule has 0 aromatic heterocycles. The van der Waals surface area contributed by atoms with Crippen molar-refractivity contribution in [2.75, 3.05) is 13.2 Å². The number of carbonyl (C=O) groups excluding carboxylic acids is 2. The molecular weight excluding hydrogens is 336 g/mol. The Morgan fingerprint density at radius 3 is 1.27 bits per heavy atom. The summed E-state index contributed by atoms with van der Waals surface area (Å²) in [5.74, 6) is -0.642. The van der Waals surface area contributed by atoms with Gasteiger partial charge in [0.2, 0.25) is 0 Å². The van der Waals surface area contributed by atoms with E-state index in [-0.39, 0.29) is 37.4 Å². The number of ether oxygens (including phenoxy) is 4. The second-order valence-electron chi connectivity index (χ2n) is 8.90. The molecule has 1 saturated carbocycles. The van der Waals surface area contributed by atoms with Crippen LogP contribution in [0.15, 0.2) is 0 Å². The smallest absolute Gasteiger partial charge is 0.332 e. The molecule has 0 aromatic rings. The van der Waals surface area contributed by atoms with Gasteiger partial charge in [0, 0.05) is 0 Å². The van der Waals surface area contributed by atoms with Crippen molar-refractivity contribution in [2.24, 2.45) is 0 Å². The normalized spacial score (nSPS) is 22.2. The van der Waals surface area contributed by atoms with Crippen LogP contribution in [0.5, 0.6) is 0 Å². The fourth-order valence-corrected chi connectivity index (χ4v) is 2.88. The van der Waals surface area contributed by atoms with E-state index in [2.05, 4.69) is 0 Å². The second-order valence-corrected chi connectivity index (χ2v) is 8.90. The molecule has 1 fully saturated rings. The van der Waals surface area contributed by atoms with Gasteiger partial charge in [0.05, 0.1) is 12.2 Å². The molecule has 0 bridgehead atoms. The highest BCUT2D eigenvalue weighted by molar-refractivity contribution is 5.71. The van der Waals surface area contributed by atoms with Gasteiger partial charge in [-0.3, -0.25) is 0 Å². The van der Waals surface area contributed by atoms with Crippen molar-refractivity contribution in [1.82, 2.24) is 0 Å². The van der Waals surface area contributed by atoms with Crippen LogP contribution in [-0.4, -0.2) is 48.6 Å². The molecule has 1 aliphatic rings. The molecule has 152 valence electrons. The fourth-order valence-electron chi connectivity index (χ4n) is 2.88. The average molecular weight is 373 g/mol. The molecule has 0 amide bonds. The predicted molar refractivity (Wildman–Crippen MR) is 98.9 cm³/mol. The van der Waals surface area contributed by atoms with Crippen molar-refractivity contribution >= 4 is 11.9 Å². The van der Waals surface area contributed by atoms with Crippen LogP contribution in [0.4, 0.5) is 0 Å². The number of esters is 2. The molecule has 0 aliphatic heterocycles. The molecule has 0 radical (unpaired) electrons. The molecule has 0 N–H and O–H groups in total. The lowest BCUT2D eigenvalue weighted by Gasteiger charge is -2.26. The monoisotopic (exact) mass is 372 g/mol. The highest BCUT2D eigenvalue weighted by Gasteiger charge is 2.22. The summed E-state index contributed by atoms with van der Waals surface area (Å²) >= 11 is 0. The number of carbonyl (C=O) groups is 2. The van der Waals surface area contributed by atoms with Gasteiger partial charge in [-0.25, -0.2) is 9.59 Å². The zero-order valence-corrected chi connectivity index (χ0v) is 17.3. The maximum Gasteiger partial charge on any atom is 0.332 e. The van der Waals surface area contributed by atoms with Gasteiger partial charge in [-0.15, -0.1) is 0 Å². The zero-order valence-electron chi connectivity index (χ0n) is 17.3. The van der Waals surface area contributed by atoms with E-state index in [1.165, 1.54) is 0 Å². The van der Waals surface area contributed by atoms with Crippen LogP contribution in [0.2, 0.25) is 0 Å². The van der Waals surface area contributed by atoms with Gasteiger partial charge in [-0.1, -0.05) is 0 Å². The molecule has 6 heteroatoms. The second kappa shape index (κ2) is 10.3. The van der Waals surface area contributed by atoms with E-state index in [9.17, 15) is 9.59 Å². The molecule has 0 unspecified atom stereocenters. The van der Waals surface area contributed by atoms with Crippen molar-refractivity contribution < 1.29 is 28.5 Å². The third-order valence-electron chi connectivity index (χ3n) is 3.82. The van der Waals surface area contributed by atoms with Crippen LogP contribution in [-0.2, 0) is 28.5 Å². The minimum Gasteiger partial charge on any atom is -0.458 e. The minimum atomic E-state index is -0.486. The van der Waals surface area contributed by atoms with Crippen molar-refractivity contribution in [3.63, 3.8) is 0 Å². The van der Waals surface area contributed by atoms with Crippen molar-refractivity contribution in [3.8, 4) is 0 Å². The van der Waals surface area contributed by atoms with Crippen LogP contribution >= 0.6 is 0 Å². The molecule has 1 aliphatic carbocycles. The van der Waals surface area contributed by atoms with Crippen molar-refractivity contribution in [3.05, 3.63) is 0 Å². The quantitative estimate of drug-likeness (QED) is 0.661. The topological polar surface area (TPSA) is 71.1 Å². The Morgan fingerprint density at radius 1 is 0.692 bits per heavy atom. The number of hydrogen-bond acceptors (Lipinski definition) is 6. The van der Waals surface area contributed by atoms with Crippen LogP contribution in [0.3, 0.4) is 0 Å². The summed E-state index contributed by atoms with van der Waals surface area (Å²) in [6, 6.07) is 0. The Bertz CT molecular complexity index is 396. The van der Waals surface area contributed by atoms with E-state index in [4.69, 9.17) is 18.9 Å². The van der Waals surface area contributed by atoms with Gasteiger partial charge in [-0.2, -0.15) is 0 Å². The van der Waals surface area contributed by atoms with E-state index >= 15 is 0 Å². The molecule has 0 spiro atoms. The van der Waals surface area contributed by atoms with Gasteiger partial charge >= 0.3 is 11.9 Å². The SMILES string of the molecule is CC(C)(C)OC(=O)COC1CCCC(OCC(=O)OC(C)(C)C)CCC1. The average Bonchev–Trinajstić information content (AvgIpc) is 2.41. The van der Waals surface area contributed by atoms with Gasteiger partial charge in [-0.05, 0) is 80.1 Å². The summed E-state index contributed by atoms with van der Waals surface area (Å²) in [7, 11) is 0. The van der Waals surface area contributed by atoms with Crippen LogP contribution in [0, 0.1) is 0 Å². The summed E-state index contributed by atoms with van der Waals surface area (Å²) in [5, 5.41) is 0. The standard InChI is InChI=1S/C20H36O6/c1-19(2,3)25-17(21)13-23-15-9-7-11-16(12-8-10-15)24-14-18(22)26-20(4,5)6/h15-16H,7-14H2,1-6H3. The Labute approximate surface area is 157 Å². The summed E-state index contributed by atoms with van der Waals surface area (Å²) < 4.78 is 22.0. The number of rotatable bonds is 6. The lowest BCUT2D eigenvalue weighted by Crippen LogP contribution is -2.30. The summed E-state index contributed by atoms with van der Waals surface area (Å²) in [4.78, 5) is 23.5. The maximum absolute atomic E-state index is 11.7. The molecule has 1 rings (SSSR count). The molecular formula is C20H36O6. The molecule has 0 atom stereocenters. The van der Waals surface area contributed by atoms with Gasteiger partial charge in [0.15, 0.2) is 0 Å². The maximum atomic E-state index is 11.7. The highest BCUT2D eigenvalue weighted by atomic mass is 16.6. The van der Waals surface area contributed by atoms with Crippen molar-refractivity contribution in [1.29, 1.82) is 0 Å². The first-order chi connectivity index (χ1) is 11.9. The van der Waals surface area contributed by atoms with E-state index in [1.54, 1.807) is 0 Å². The van der Waals surface area contributed by atoms with Crippen LogP contribution in [0.1, 0.15) is 80.1 Å². The first kappa shape index (κ1) is 22.9. The third-order valence-corrected chi connectivity index (χ3v) is 3.82. The molecule has 26 heavy (non-hydrogen) atoms. The molecule has 0 aromatic carbocycles. The van der Waals surface area contributed by atoms with E-state index < -0.39 is 11.2 Å². The van der Waals surface area contributed by atoms with E-state index in [0.717, 1.165) is 38.5 Å². The first-order valence-electron chi connectivity index (χ1n) is 9.61. The minimum absolute atomic E-state index is 0.000505. The van der Waals surface area contributed by atoms with Crippen LogP contribution in [0.25, 0.3) is 0 Å². The fraction of sp³-hybridized carbons (Fsp3) is 0.900. The third kappa shape index (κ3) is 11.5. The summed E-state index contributed by atoms with van der Waals surface area (Å²) in [5.41, 5.74) is -0.972. The first-order valence-corrected chi connectivity index (χ1v) is 9.61. The van der Waals surface area contributed by atoms with Gasteiger partial charge in [0.25, 0.3) is 0 Å². The Balaban J connectivity index is 2.25. The molecule has 0 saturated heterocycles. The molecule has 0 heterocycles. The van der Waals surface area contributed by atoms with E-state index in [0.29, 0.717) is 0 Å². The lowest BCUT2D eigenvalue weighted by molar-refractivity contribution is -0.162. The van der Waals surface area contributed by atoms with Crippen LogP contribution < -0.4 is 0 Å². The molecule has 6 nitrogen and oxygen atoms in total.